The molecule has 5 nitrogen and oxygen atoms in total. The first-order valence-electron chi connectivity index (χ1n) is 7.97. The van der Waals surface area contributed by atoms with Crippen LogP contribution >= 0.6 is 15.9 Å². The molecule has 0 radical (unpaired) electrons. The Morgan fingerprint density at radius 2 is 1.84 bits per heavy atom. The number of hydrogen-bond acceptors (Lipinski definition) is 3. The van der Waals surface area contributed by atoms with E-state index in [-0.39, 0.29) is 5.91 Å². The average Bonchev–Trinajstić information content (AvgIpc) is 2.82. The molecule has 0 fully saturated rings. The number of benzene rings is 1. The number of carbonyl (C=O) groups is 1. The van der Waals surface area contributed by atoms with Crippen molar-refractivity contribution in [1.29, 1.82) is 0 Å². The van der Waals surface area contributed by atoms with Crippen molar-refractivity contribution in [3.8, 4) is 0 Å². The highest BCUT2D eigenvalue weighted by atomic mass is 79.9. The molecule has 0 spiro atoms. The topological polar surface area (TPSA) is 59.8 Å². The van der Waals surface area contributed by atoms with E-state index < -0.39 is 0 Å². The van der Waals surface area contributed by atoms with Crippen molar-refractivity contribution in [2.45, 2.75) is 27.3 Å². The van der Waals surface area contributed by atoms with Gasteiger partial charge in [0.1, 0.15) is 5.82 Å². The fraction of sp³-hybridized carbons (Fsp3) is 0.211. The molecule has 3 rings (SSSR count). The molecule has 0 saturated carbocycles. The average molecular weight is 399 g/mol. The first-order valence-corrected chi connectivity index (χ1v) is 8.77. The third kappa shape index (κ3) is 3.96. The fourth-order valence-electron chi connectivity index (χ4n) is 2.56. The molecule has 0 saturated heterocycles. The number of aromatic nitrogens is 3. The zero-order chi connectivity index (χ0) is 18.0. The van der Waals surface area contributed by atoms with Gasteiger partial charge in [-0.3, -0.25) is 9.48 Å². The maximum atomic E-state index is 12.3. The van der Waals surface area contributed by atoms with Gasteiger partial charge in [-0.25, -0.2) is 4.98 Å². The van der Waals surface area contributed by atoms with Crippen molar-refractivity contribution in [2.24, 2.45) is 0 Å². The zero-order valence-corrected chi connectivity index (χ0v) is 16.0. The first kappa shape index (κ1) is 17.4. The molecule has 0 bridgehead atoms. The molecule has 2 heterocycles. The minimum atomic E-state index is -0.168. The lowest BCUT2D eigenvalue weighted by molar-refractivity contribution is 0.102. The standard InChI is InChI=1S/C19H19BrN4O/c1-12-5-4-6-17(21-12)22-19(25)16-9-7-15(8-10-16)11-24-14(3)18(20)13(2)23-24/h4-10H,11H2,1-3H3,(H,21,22,25). The van der Waals surface area contributed by atoms with Crippen LogP contribution in [0, 0.1) is 20.8 Å². The summed E-state index contributed by atoms with van der Waals surface area (Å²) < 4.78 is 2.99. The summed E-state index contributed by atoms with van der Waals surface area (Å²) in [6.45, 7) is 6.56. The number of aryl methyl sites for hydroxylation is 2. The Kier molecular flexibility index (Phi) is 4.99. The normalized spacial score (nSPS) is 10.7. The largest absolute Gasteiger partial charge is 0.307 e. The second-order valence-corrected chi connectivity index (χ2v) is 6.75. The van der Waals surface area contributed by atoms with Crippen LogP contribution in [0.5, 0.6) is 0 Å². The van der Waals surface area contributed by atoms with E-state index in [4.69, 9.17) is 0 Å². The maximum absolute atomic E-state index is 12.3. The molecular formula is C19H19BrN4O. The van der Waals surface area contributed by atoms with Crippen molar-refractivity contribution < 1.29 is 4.79 Å². The number of rotatable bonds is 4. The van der Waals surface area contributed by atoms with E-state index in [1.807, 2.05) is 61.9 Å². The van der Waals surface area contributed by atoms with Crippen molar-refractivity contribution in [3.63, 3.8) is 0 Å². The number of pyridine rings is 1. The number of nitrogens with one attached hydrogen (secondary N) is 1. The Labute approximate surface area is 155 Å². The summed E-state index contributed by atoms with van der Waals surface area (Å²) >= 11 is 3.54. The summed E-state index contributed by atoms with van der Waals surface area (Å²) in [7, 11) is 0. The summed E-state index contributed by atoms with van der Waals surface area (Å²) in [4.78, 5) is 16.6. The van der Waals surface area contributed by atoms with E-state index >= 15 is 0 Å². The van der Waals surface area contributed by atoms with Gasteiger partial charge in [0, 0.05) is 11.3 Å². The summed E-state index contributed by atoms with van der Waals surface area (Å²) in [5.74, 6) is 0.389. The lowest BCUT2D eigenvalue weighted by atomic mass is 10.1. The van der Waals surface area contributed by atoms with Crippen LogP contribution in [-0.4, -0.2) is 20.7 Å². The predicted octanol–water partition coefficient (Wildman–Crippen LogP) is 4.27. The van der Waals surface area contributed by atoms with Gasteiger partial charge in [0.25, 0.3) is 5.91 Å². The number of carbonyl (C=O) groups excluding carboxylic acids is 1. The molecule has 25 heavy (non-hydrogen) atoms. The molecular weight excluding hydrogens is 380 g/mol. The number of nitrogens with zero attached hydrogens (tertiary/aromatic N) is 3. The van der Waals surface area contributed by atoms with Crippen LogP contribution in [0.2, 0.25) is 0 Å². The van der Waals surface area contributed by atoms with Gasteiger partial charge in [0.15, 0.2) is 0 Å². The molecule has 1 aromatic carbocycles. The van der Waals surface area contributed by atoms with E-state index in [9.17, 15) is 4.79 Å². The third-order valence-corrected chi connectivity index (χ3v) is 5.12. The molecule has 0 aliphatic rings. The quantitative estimate of drug-likeness (QED) is 0.713. The SMILES string of the molecule is Cc1cccc(NC(=O)c2ccc(Cn3nc(C)c(Br)c3C)cc2)n1. The Morgan fingerprint density at radius 3 is 2.44 bits per heavy atom. The summed E-state index contributed by atoms with van der Waals surface area (Å²) in [6, 6.07) is 13.1. The lowest BCUT2D eigenvalue weighted by Gasteiger charge is -2.07. The molecule has 0 aliphatic carbocycles. The molecule has 3 aromatic rings. The summed E-state index contributed by atoms with van der Waals surface area (Å²) in [6.07, 6.45) is 0. The van der Waals surface area contributed by atoms with Gasteiger partial charge < -0.3 is 5.32 Å². The molecule has 6 heteroatoms. The van der Waals surface area contributed by atoms with Crippen LogP contribution in [-0.2, 0) is 6.54 Å². The Bertz CT molecular complexity index is 916. The van der Waals surface area contributed by atoms with E-state index in [1.165, 1.54) is 0 Å². The summed E-state index contributed by atoms with van der Waals surface area (Å²) in [5.41, 5.74) is 4.61. The number of hydrogen-bond donors (Lipinski definition) is 1. The summed E-state index contributed by atoms with van der Waals surface area (Å²) in [5, 5.41) is 7.32. The molecule has 0 unspecified atom stereocenters. The molecule has 128 valence electrons. The minimum Gasteiger partial charge on any atom is -0.307 e. The molecule has 1 N–H and O–H groups in total. The first-order chi connectivity index (χ1) is 11.9. The fourth-order valence-corrected chi connectivity index (χ4v) is 2.85. The van der Waals surface area contributed by atoms with Gasteiger partial charge in [0.05, 0.1) is 22.4 Å². The number of anilines is 1. The van der Waals surface area contributed by atoms with Crippen molar-refractivity contribution in [3.05, 3.63) is 75.1 Å². The van der Waals surface area contributed by atoms with E-state index in [2.05, 4.69) is 31.3 Å². The van der Waals surface area contributed by atoms with E-state index in [0.717, 1.165) is 27.1 Å². The predicted molar refractivity (Wildman–Crippen MR) is 102 cm³/mol. The van der Waals surface area contributed by atoms with Crippen LogP contribution in [0.3, 0.4) is 0 Å². The van der Waals surface area contributed by atoms with E-state index in [1.54, 1.807) is 6.07 Å². The maximum Gasteiger partial charge on any atom is 0.256 e. The molecule has 1 amide bonds. The molecule has 2 aromatic heterocycles. The minimum absolute atomic E-state index is 0.168. The van der Waals surface area contributed by atoms with Crippen LogP contribution in [0.1, 0.15) is 33.0 Å². The Balaban J connectivity index is 1.71. The van der Waals surface area contributed by atoms with Gasteiger partial charge in [-0.05, 0) is 66.5 Å². The van der Waals surface area contributed by atoms with Crippen LogP contribution < -0.4 is 5.32 Å². The second kappa shape index (κ2) is 7.19. The molecule has 0 aliphatic heterocycles. The van der Waals surface area contributed by atoms with E-state index in [0.29, 0.717) is 17.9 Å². The Morgan fingerprint density at radius 1 is 1.12 bits per heavy atom. The second-order valence-electron chi connectivity index (χ2n) is 5.96. The van der Waals surface area contributed by atoms with Gasteiger partial charge in [0.2, 0.25) is 0 Å². The Hall–Kier alpha value is -2.47. The van der Waals surface area contributed by atoms with Gasteiger partial charge in [-0.15, -0.1) is 0 Å². The monoisotopic (exact) mass is 398 g/mol. The van der Waals surface area contributed by atoms with Crippen LogP contribution in [0.15, 0.2) is 46.9 Å². The third-order valence-electron chi connectivity index (χ3n) is 3.97. The lowest BCUT2D eigenvalue weighted by Crippen LogP contribution is -2.13. The highest BCUT2D eigenvalue weighted by molar-refractivity contribution is 9.10. The van der Waals surface area contributed by atoms with Gasteiger partial charge >= 0.3 is 0 Å². The highest BCUT2D eigenvalue weighted by Gasteiger charge is 2.10. The number of halogens is 1. The van der Waals surface area contributed by atoms with Crippen molar-refractivity contribution in [2.75, 3.05) is 5.32 Å². The van der Waals surface area contributed by atoms with Crippen molar-refractivity contribution in [1.82, 2.24) is 14.8 Å². The smallest absolute Gasteiger partial charge is 0.256 e. The number of amides is 1. The van der Waals surface area contributed by atoms with Crippen molar-refractivity contribution >= 4 is 27.7 Å². The highest BCUT2D eigenvalue weighted by Crippen LogP contribution is 2.20. The molecule has 0 atom stereocenters. The van der Waals surface area contributed by atoms with Gasteiger partial charge in [-0.2, -0.15) is 5.10 Å². The van der Waals surface area contributed by atoms with Gasteiger partial charge in [-0.1, -0.05) is 18.2 Å². The van der Waals surface area contributed by atoms with Crippen LogP contribution in [0.4, 0.5) is 5.82 Å². The van der Waals surface area contributed by atoms with Crippen LogP contribution in [0.25, 0.3) is 0 Å². The zero-order valence-electron chi connectivity index (χ0n) is 14.4.